The van der Waals surface area contributed by atoms with Crippen molar-refractivity contribution in [3.8, 4) is 5.75 Å². The van der Waals surface area contributed by atoms with Crippen molar-refractivity contribution in [1.82, 2.24) is 4.90 Å². The van der Waals surface area contributed by atoms with Gasteiger partial charge in [-0.2, -0.15) is 0 Å². The van der Waals surface area contributed by atoms with Gasteiger partial charge in [0.15, 0.2) is 5.43 Å². The van der Waals surface area contributed by atoms with Crippen LogP contribution in [0.5, 0.6) is 5.75 Å². The van der Waals surface area contributed by atoms with Gasteiger partial charge in [-0.05, 0) is 57.5 Å². The average Bonchev–Trinajstić information content (AvgIpc) is 2.83. The van der Waals surface area contributed by atoms with Crippen LogP contribution in [0.4, 0.5) is 0 Å². The van der Waals surface area contributed by atoms with Crippen LogP contribution in [0, 0.1) is 5.92 Å². The summed E-state index contributed by atoms with van der Waals surface area (Å²) in [6.07, 6.45) is 8.41. The Bertz CT molecular complexity index is 837. The predicted octanol–water partition coefficient (Wildman–Crippen LogP) is 4.95. The summed E-state index contributed by atoms with van der Waals surface area (Å²) in [5.41, 5.74) is 0.736. The molecule has 4 heteroatoms. The fraction of sp³-hybridized carbons (Fsp3) is 0.609. The molecule has 1 saturated carbocycles. The first kappa shape index (κ1) is 18.5. The fourth-order valence-electron chi connectivity index (χ4n) is 4.71. The van der Waals surface area contributed by atoms with Gasteiger partial charge in [0, 0.05) is 24.4 Å². The molecule has 0 N–H and O–H groups in total. The Balaban J connectivity index is 1.57. The van der Waals surface area contributed by atoms with E-state index in [2.05, 4.69) is 18.9 Å². The molecule has 2 atom stereocenters. The minimum Gasteiger partial charge on any atom is -0.490 e. The van der Waals surface area contributed by atoms with Crippen LogP contribution in [0.15, 0.2) is 33.5 Å². The van der Waals surface area contributed by atoms with E-state index < -0.39 is 0 Å². The highest BCUT2D eigenvalue weighted by atomic mass is 16.5. The van der Waals surface area contributed by atoms with E-state index >= 15 is 0 Å². The van der Waals surface area contributed by atoms with E-state index in [-0.39, 0.29) is 11.5 Å². The lowest BCUT2D eigenvalue weighted by Crippen LogP contribution is -2.30. The number of hydrogen-bond acceptors (Lipinski definition) is 4. The second kappa shape index (κ2) is 8.05. The lowest BCUT2D eigenvalue weighted by molar-refractivity contribution is 0.131. The summed E-state index contributed by atoms with van der Waals surface area (Å²) in [7, 11) is 2.17. The molecule has 2 aliphatic rings. The molecule has 2 aromatic rings. The van der Waals surface area contributed by atoms with E-state index in [1.807, 2.05) is 18.2 Å². The largest absolute Gasteiger partial charge is 0.490 e. The molecule has 2 fully saturated rings. The molecule has 4 nitrogen and oxygen atoms in total. The molecule has 2 unspecified atom stereocenters. The van der Waals surface area contributed by atoms with E-state index in [9.17, 15) is 4.79 Å². The SMILES string of the molecule is CC1CN(C)CCCC1Oc1ccc2oc(C3CCCCC3)cc(=O)c2c1. The zero-order valence-corrected chi connectivity index (χ0v) is 16.6. The molecule has 1 aliphatic carbocycles. The quantitative estimate of drug-likeness (QED) is 0.768. The number of fused-ring (bicyclic) bond motifs is 1. The third-order valence-electron chi connectivity index (χ3n) is 6.28. The van der Waals surface area contributed by atoms with Crippen molar-refractivity contribution in [2.24, 2.45) is 5.92 Å². The number of likely N-dealkylation sites (tertiary alicyclic amines) is 1. The first-order valence-electron chi connectivity index (χ1n) is 10.5. The van der Waals surface area contributed by atoms with Crippen molar-refractivity contribution in [3.05, 3.63) is 40.2 Å². The van der Waals surface area contributed by atoms with Gasteiger partial charge in [0.05, 0.1) is 5.39 Å². The second-order valence-corrected chi connectivity index (χ2v) is 8.54. The monoisotopic (exact) mass is 369 g/mol. The first-order valence-corrected chi connectivity index (χ1v) is 10.5. The van der Waals surface area contributed by atoms with Crippen LogP contribution in [0.1, 0.15) is 63.5 Å². The number of rotatable bonds is 3. The zero-order chi connectivity index (χ0) is 18.8. The molecule has 0 spiro atoms. The van der Waals surface area contributed by atoms with Crippen molar-refractivity contribution < 1.29 is 9.15 Å². The average molecular weight is 370 g/mol. The van der Waals surface area contributed by atoms with Gasteiger partial charge in [-0.1, -0.05) is 26.2 Å². The molecule has 0 amide bonds. The van der Waals surface area contributed by atoms with Crippen molar-refractivity contribution >= 4 is 11.0 Å². The van der Waals surface area contributed by atoms with E-state index in [1.54, 1.807) is 6.07 Å². The number of ether oxygens (including phenoxy) is 1. The zero-order valence-electron chi connectivity index (χ0n) is 16.6. The highest BCUT2D eigenvalue weighted by Crippen LogP contribution is 2.33. The molecule has 1 aliphatic heterocycles. The maximum absolute atomic E-state index is 12.7. The van der Waals surface area contributed by atoms with Crippen molar-refractivity contribution in [2.45, 2.75) is 63.9 Å². The van der Waals surface area contributed by atoms with Gasteiger partial charge < -0.3 is 14.1 Å². The molecule has 4 rings (SSSR count). The molecule has 0 bridgehead atoms. The van der Waals surface area contributed by atoms with Gasteiger partial charge in [0.2, 0.25) is 0 Å². The van der Waals surface area contributed by atoms with Crippen LogP contribution in [-0.2, 0) is 0 Å². The molecule has 27 heavy (non-hydrogen) atoms. The molecular formula is C23H31NO3. The number of nitrogens with zero attached hydrogens (tertiary/aromatic N) is 1. The van der Waals surface area contributed by atoms with Gasteiger partial charge in [0.1, 0.15) is 23.2 Å². The Morgan fingerprint density at radius 1 is 1.07 bits per heavy atom. The first-order chi connectivity index (χ1) is 13.1. The summed E-state index contributed by atoms with van der Waals surface area (Å²) >= 11 is 0. The summed E-state index contributed by atoms with van der Waals surface area (Å²) in [5.74, 6) is 2.51. The van der Waals surface area contributed by atoms with Crippen LogP contribution < -0.4 is 10.2 Å². The number of hydrogen-bond donors (Lipinski definition) is 0. The normalized spacial score (nSPS) is 25.4. The third-order valence-corrected chi connectivity index (χ3v) is 6.28. The van der Waals surface area contributed by atoms with Crippen LogP contribution in [-0.4, -0.2) is 31.1 Å². The molecule has 0 radical (unpaired) electrons. The molecular weight excluding hydrogens is 338 g/mol. The Morgan fingerprint density at radius 3 is 2.70 bits per heavy atom. The van der Waals surface area contributed by atoms with E-state index in [0.29, 0.717) is 22.8 Å². The van der Waals surface area contributed by atoms with E-state index in [1.165, 1.54) is 19.3 Å². The molecule has 1 aromatic heterocycles. The Hall–Kier alpha value is -1.81. The van der Waals surface area contributed by atoms with Crippen LogP contribution in [0.3, 0.4) is 0 Å². The molecule has 1 aromatic carbocycles. The van der Waals surface area contributed by atoms with Gasteiger partial charge in [-0.15, -0.1) is 0 Å². The Kier molecular flexibility index (Phi) is 5.53. The van der Waals surface area contributed by atoms with Crippen molar-refractivity contribution in [1.29, 1.82) is 0 Å². The predicted molar refractivity (Wildman–Crippen MR) is 109 cm³/mol. The van der Waals surface area contributed by atoms with Gasteiger partial charge in [-0.3, -0.25) is 4.79 Å². The summed E-state index contributed by atoms with van der Waals surface area (Å²) in [5, 5.41) is 0.630. The minimum absolute atomic E-state index is 0.0518. The van der Waals surface area contributed by atoms with Crippen molar-refractivity contribution in [2.75, 3.05) is 20.1 Å². The number of benzene rings is 1. The van der Waals surface area contributed by atoms with Gasteiger partial charge in [0.25, 0.3) is 0 Å². The standard InChI is InChI=1S/C23H31NO3/c1-16-15-24(2)12-6-9-21(16)26-18-10-11-22-19(13-18)20(25)14-23(27-22)17-7-4-3-5-8-17/h10-11,13-14,16-17,21H,3-9,12,15H2,1-2H3. The van der Waals surface area contributed by atoms with Crippen LogP contribution >= 0.6 is 0 Å². The van der Waals surface area contributed by atoms with Crippen LogP contribution in [0.25, 0.3) is 11.0 Å². The molecule has 1 saturated heterocycles. The van der Waals surface area contributed by atoms with Gasteiger partial charge in [-0.25, -0.2) is 0 Å². The highest BCUT2D eigenvalue weighted by Gasteiger charge is 2.24. The van der Waals surface area contributed by atoms with Crippen LogP contribution in [0.2, 0.25) is 0 Å². The van der Waals surface area contributed by atoms with Gasteiger partial charge >= 0.3 is 0 Å². The Labute approximate surface area is 161 Å². The summed E-state index contributed by atoms with van der Waals surface area (Å²) < 4.78 is 12.4. The Morgan fingerprint density at radius 2 is 1.89 bits per heavy atom. The molecule has 2 heterocycles. The fourth-order valence-corrected chi connectivity index (χ4v) is 4.71. The summed E-state index contributed by atoms with van der Waals surface area (Å²) in [6, 6.07) is 7.45. The lowest BCUT2D eigenvalue weighted by Gasteiger charge is -2.24. The maximum atomic E-state index is 12.7. The lowest BCUT2D eigenvalue weighted by atomic mass is 9.87. The second-order valence-electron chi connectivity index (χ2n) is 8.54. The minimum atomic E-state index is 0.0518. The third kappa shape index (κ3) is 4.21. The summed E-state index contributed by atoms with van der Waals surface area (Å²) in [6.45, 7) is 4.42. The topological polar surface area (TPSA) is 42.7 Å². The summed E-state index contributed by atoms with van der Waals surface area (Å²) in [4.78, 5) is 15.1. The van der Waals surface area contributed by atoms with E-state index in [4.69, 9.17) is 9.15 Å². The smallest absolute Gasteiger partial charge is 0.193 e. The molecule has 146 valence electrons. The highest BCUT2D eigenvalue weighted by molar-refractivity contribution is 5.78. The van der Waals surface area contributed by atoms with E-state index in [0.717, 1.165) is 50.3 Å². The maximum Gasteiger partial charge on any atom is 0.193 e. The van der Waals surface area contributed by atoms with Crippen molar-refractivity contribution in [3.63, 3.8) is 0 Å².